The summed E-state index contributed by atoms with van der Waals surface area (Å²) in [6.07, 6.45) is 0. The van der Waals surface area contributed by atoms with Gasteiger partial charge in [-0.3, -0.25) is 14.2 Å². The summed E-state index contributed by atoms with van der Waals surface area (Å²) in [4.78, 5) is 35.4. The number of aromatic nitrogens is 3. The van der Waals surface area contributed by atoms with Gasteiger partial charge in [0.05, 0.1) is 28.0 Å². The zero-order chi connectivity index (χ0) is 25.2. The summed E-state index contributed by atoms with van der Waals surface area (Å²) >= 11 is 2.48. The molecule has 5 rings (SSSR count). The monoisotopic (exact) mass is 516 g/mol. The summed E-state index contributed by atoms with van der Waals surface area (Å²) in [7, 11) is 0. The molecule has 0 aliphatic carbocycles. The molecule has 0 aliphatic heterocycles. The minimum atomic E-state index is -0.318. The summed E-state index contributed by atoms with van der Waals surface area (Å²) in [5.74, 6) is -0.544. The predicted molar refractivity (Wildman–Crippen MR) is 144 cm³/mol. The van der Waals surface area contributed by atoms with E-state index in [1.165, 1.54) is 35.2 Å². The van der Waals surface area contributed by atoms with E-state index in [1.807, 2.05) is 44.2 Å². The number of thioether (sulfide) groups is 1. The van der Waals surface area contributed by atoms with Crippen molar-refractivity contribution < 1.29 is 9.18 Å². The topological polar surface area (TPSA) is 76.9 Å². The Balaban J connectivity index is 1.40. The average molecular weight is 517 g/mol. The highest BCUT2D eigenvalue weighted by atomic mass is 32.2. The molecule has 180 valence electrons. The number of fused-ring (bicyclic) bond motifs is 1. The normalized spacial score (nSPS) is 11.1. The lowest BCUT2D eigenvalue weighted by atomic mass is 10.1. The molecule has 5 aromatic rings. The summed E-state index contributed by atoms with van der Waals surface area (Å²) in [5, 5.41) is 6.01. The molecule has 3 aromatic carbocycles. The van der Waals surface area contributed by atoms with Crippen molar-refractivity contribution in [1.29, 1.82) is 0 Å². The number of hydrogen-bond donors (Lipinski definition) is 1. The van der Waals surface area contributed by atoms with E-state index in [-0.39, 0.29) is 23.0 Å². The van der Waals surface area contributed by atoms with Crippen LogP contribution in [0.1, 0.15) is 11.1 Å². The maximum atomic E-state index is 13.5. The van der Waals surface area contributed by atoms with Crippen LogP contribution >= 0.6 is 23.1 Å². The van der Waals surface area contributed by atoms with Crippen LogP contribution < -0.4 is 10.9 Å². The fraction of sp³-hybridized carbons (Fsp3) is 0.111. The number of benzene rings is 3. The maximum absolute atomic E-state index is 13.5. The molecule has 2 heterocycles. The molecule has 0 atom stereocenters. The van der Waals surface area contributed by atoms with Crippen LogP contribution in [0.15, 0.2) is 82.1 Å². The van der Waals surface area contributed by atoms with Crippen LogP contribution in [0.5, 0.6) is 0 Å². The highest BCUT2D eigenvalue weighted by Gasteiger charge is 2.17. The third kappa shape index (κ3) is 4.80. The number of thiazole rings is 1. The van der Waals surface area contributed by atoms with Gasteiger partial charge in [0.2, 0.25) is 5.91 Å². The van der Waals surface area contributed by atoms with Crippen LogP contribution in [-0.4, -0.2) is 26.2 Å². The quantitative estimate of drug-likeness (QED) is 0.221. The molecule has 0 saturated heterocycles. The Bertz CT molecular complexity index is 1640. The fourth-order valence-corrected chi connectivity index (χ4v) is 5.31. The Morgan fingerprint density at radius 2 is 1.81 bits per heavy atom. The first kappa shape index (κ1) is 23.9. The van der Waals surface area contributed by atoms with Crippen molar-refractivity contribution in [1.82, 2.24) is 14.5 Å². The molecular formula is C27H21FN4O2S2. The zero-order valence-electron chi connectivity index (χ0n) is 19.5. The van der Waals surface area contributed by atoms with Crippen molar-refractivity contribution in [2.45, 2.75) is 19.0 Å². The molecule has 0 bridgehead atoms. The van der Waals surface area contributed by atoms with Gasteiger partial charge in [-0.15, -0.1) is 11.3 Å². The van der Waals surface area contributed by atoms with E-state index in [1.54, 1.807) is 34.2 Å². The number of hydrogen-bond acceptors (Lipinski definition) is 6. The Morgan fingerprint density at radius 3 is 2.61 bits per heavy atom. The molecule has 0 fully saturated rings. The van der Waals surface area contributed by atoms with Crippen molar-refractivity contribution in [3.63, 3.8) is 0 Å². The number of anilines is 1. The van der Waals surface area contributed by atoms with Gasteiger partial charge in [0, 0.05) is 10.9 Å². The van der Waals surface area contributed by atoms with Gasteiger partial charge in [0.1, 0.15) is 5.82 Å². The molecule has 0 unspecified atom stereocenters. The van der Waals surface area contributed by atoms with Crippen LogP contribution in [0.3, 0.4) is 0 Å². The summed E-state index contributed by atoms with van der Waals surface area (Å²) in [6.45, 7) is 3.96. The predicted octanol–water partition coefficient (Wildman–Crippen LogP) is 6.00. The fourth-order valence-electron chi connectivity index (χ4n) is 3.77. The molecular weight excluding hydrogens is 495 g/mol. The van der Waals surface area contributed by atoms with Crippen molar-refractivity contribution in [2.24, 2.45) is 0 Å². The molecule has 1 amide bonds. The van der Waals surface area contributed by atoms with E-state index in [2.05, 4.69) is 10.3 Å². The second kappa shape index (κ2) is 10.0. The van der Waals surface area contributed by atoms with E-state index in [0.29, 0.717) is 26.9 Å². The second-order valence-corrected chi connectivity index (χ2v) is 9.95. The number of carbonyl (C=O) groups excluding carboxylic acids is 1. The van der Waals surface area contributed by atoms with Crippen LogP contribution in [0.25, 0.3) is 27.8 Å². The van der Waals surface area contributed by atoms with Crippen molar-refractivity contribution in [3.05, 3.63) is 99.4 Å². The van der Waals surface area contributed by atoms with Crippen molar-refractivity contribution in [2.75, 3.05) is 11.1 Å². The Hall–Kier alpha value is -3.82. The lowest BCUT2D eigenvalue weighted by Gasteiger charge is -2.16. The number of rotatable bonds is 6. The molecule has 36 heavy (non-hydrogen) atoms. The summed E-state index contributed by atoms with van der Waals surface area (Å²) < 4.78 is 14.8. The van der Waals surface area contributed by atoms with Gasteiger partial charge in [-0.1, -0.05) is 36.0 Å². The summed E-state index contributed by atoms with van der Waals surface area (Å²) in [5.41, 5.74) is 4.59. The van der Waals surface area contributed by atoms with Gasteiger partial charge in [0.25, 0.3) is 5.56 Å². The number of halogens is 1. The number of para-hydroxylation sites is 1. The third-order valence-corrected chi connectivity index (χ3v) is 7.48. The largest absolute Gasteiger partial charge is 0.301 e. The lowest BCUT2D eigenvalue weighted by Crippen LogP contribution is -2.23. The number of nitrogens with zero attached hydrogens (tertiary/aromatic N) is 3. The van der Waals surface area contributed by atoms with Crippen LogP contribution in [-0.2, 0) is 4.79 Å². The maximum Gasteiger partial charge on any atom is 0.266 e. The molecule has 9 heteroatoms. The van der Waals surface area contributed by atoms with E-state index >= 15 is 0 Å². The van der Waals surface area contributed by atoms with Crippen molar-refractivity contribution in [3.8, 4) is 16.9 Å². The van der Waals surface area contributed by atoms with E-state index < -0.39 is 0 Å². The molecule has 0 spiro atoms. The van der Waals surface area contributed by atoms with E-state index in [9.17, 15) is 14.0 Å². The van der Waals surface area contributed by atoms with Crippen LogP contribution in [0, 0.1) is 19.7 Å². The average Bonchev–Trinajstić information content (AvgIpc) is 3.34. The molecule has 1 N–H and O–H groups in total. The second-order valence-electron chi connectivity index (χ2n) is 8.15. The number of aryl methyl sites for hydroxylation is 1. The molecule has 0 aliphatic rings. The van der Waals surface area contributed by atoms with Gasteiger partial charge in [-0.25, -0.2) is 14.4 Å². The number of nitrogens with one attached hydrogen (secondary N) is 1. The van der Waals surface area contributed by atoms with E-state index in [4.69, 9.17) is 4.98 Å². The highest BCUT2D eigenvalue weighted by Crippen LogP contribution is 2.27. The SMILES string of the molecule is Cc1cccc(-n2c(SCC(=O)Nc3nc(-c4ccc(F)cc4)cs3)nc3ccccc3c2=O)c1C. The van der Waals surface area contributed by atoms with Gasteiger partial charge >= 0.3 is 0 Å². The van der Waals surface area contributed by atoms with Gasteiger partial charge in [-0.05, 0) is 67.4 Å². The lowest BCUT2D eigenvalue weighted by molar-refractivity contribution is -0.113. The van der Waals surface area contributed by atoms with Gasteiger partial charge in [0.15, 0.2) is 10.3 Å². The standard InChI is InChI=1S/C27H21FN4O2S2/c1-16-6-5-9-23(17(16)2)32-25(34)20-7-3-4-8-21(20)30-27(32)36-15-24(33)31-26-29-22(14-35-26)18-10-12-19(28)13-11-18/h3-14H,15H2,1-2H3,(H,29,31,33). The van der Waals surface area contributed by atoms with E-state index in [0.717, 1.165) is 22.4 Å². The van der Waals surface area contributed by atoms with Crippen LogP contribution in [0.2, 0.25) is 0 Å². The molecule has 6 nitrogen and oxygen atoms in total. The number of amides is 1. The first-order valence-electron chi connectivity index (χ1n) is 11.1. The molecule has 0 saturated carbocycles. The zero-order valence-corrected chi connectivity index (χ0v) is 21.1. The molecule has 0 radical (unpaired) electrons. The Morgan fingerprint density at radius 1 is 1.03 bits per heavy atom. The number of carbonyl (C=O) groups is 1. The summed E-state index contributed by atoms with van der Waals surface area (Å²) in [6, 6.07) is 19.0. The Kier molecular flexibility index (Phi) is 6.67. The minimum absolute atomic E-state index is 0.0428. The van der Waals surface area contributed by atoms with Gasteiger partial charge < -0.3 is 5.32 Å². The molecule has 2 aromatic heterocycles. The van der Waals surface area contributed by atoms with Crippen molar-refractivity contribution >= 4 is 45.0 Å². The third-order valence-electron chi connectivity index (χ3n) is 5.78. The Labute approximate surface area is 214 Å². The van der Waals surface area contributed by atoms with Crippen LogP contribution in [0.4, 0.5) is 9.52 Å². The first-order valence-corrected chi connectivity index (χ1v) is 13.0. The highest BCUT2D eigenvalue weighted by molar-refractivity contribution is 7.99. The first-order chi connectivity index (χ1) is 17.4. The van der Waals surface area contributed by atoms with Gasteiger partial charge in [-0.2, -0.15) is 0 Å². The smallest absolute Gasteiger partial charge is 0.266 e. The minimum Gasteiger partial charge on any atom is -0.301 e.